The van der Waals surface area contributed by atoms with E-state index in [1.54, 1.807) is 26.0 Å². The second kappa shape index (κ2) is 5.20. The number of aromatic nitrogens is 1. The van der Waals surface area contributed by atoms with E-state index in [1.807, 2.05) is 0 Å². The van der Waals surface area contributed by atoms with Gasteiger partial charge in [-0.3, -0.25) is 9.29 Å². The van der Waals surface area contributed by atoms with Crippen LogP contribution in [0.2, 0.25) is 0 Å². The van der Waals surface area contributed by atoms with Crippen LogP contribution in [-0.4, -0.2) is 20.4 Å². The summed E-state index contributed by atoms with van der Waals surface area (Å²) in [4.78, 5) is 4.00. The Kier molecular flexibility index (Phi) is 3.76. The Hall–Kier alpha value is -1.95. The summed E-state index contributed by atoms with van der Waals surface area (Å²) in [5, 5.41) is 0. The van der Waals surface area contributed by atoms with Gasteiger partial charge in [-0.05, 0) is 49.2 Å². The highest BCUT2D eigenvalue weighted by atomic mass is 32.2. The molecule has 0 aliphatic heterocycles. The lowest BCUT2D eigenvalue weighted by Crippen LogP contribution is -2.28. The average Bonchev–Trinajstić information content (AvgIpc) is 2.37. The first kappa shape index (κ1) is 14.5. The molecule has 2 aromatic rings. The van der Waals surface area contributed by atoms with Gasteiger partial charge in [-0.2, -0.15) is 0 Å². The Labute approximate surface area is 117 Å². The fourth-order valence-corrected chi connectivity index (χ4v) is 3.74. The molecule has 4 nitrogen and oxygen atoms in total. The van der Waals surface area contributed by atoms with Gasteiger partial charge in [-0.1, -0.05) is 0 Å². The van der Waals surface area contributed by atoms with Gasteiger partial charge < -0.3 is 0 Å². The van der Waals surface area contributed by atoms with Gasteiger partial charge >= 0.3 is 0 Å². The molecule has 0 atom stereocenters. The highest BCUT2D eigenvalue weighted by Crippen LogP contribution is 2.27. The van der Waals surface area contributed by atoms with Gasteiger partial charge in [0.25, 0.3) is 10.0 Å². The van der Waals surface area contributed by atoms with Crippen molar-refractivity contribution in [1.29, 1.82) is 0 Å². The van der Waals surface area contributed by atoms with Crippen LogP contribution in [0.1, 0.15) is 11.1 Å². The number of sulfonamides is 1. The first-order valence-electron chi connectivity index (χ1n) is 5.99. The molecule has 20 heavy (non-hydrogen) atoms. The zero-order valence-corrected chi connectivity index (χ0v) is 12.3. The molecule has 0 aliphatic rings. The lowest BCUT2D eigenvalue weighted by Gasteiger charge is -2.21. The van der Waals surface area contributed by atoms with Gasteiger partial charge in [0.05, 0.1) is 10.6 Å². The second-order valence-corrected chi connectivity index (χ2v) is 6.45. The first-order chi connectivity index (χ1) is 9.34. The molecule has 6 heteroatoms. The number of rotatable bonds is 3. The maximum absolute atomic E-state index is 13.3. The van der Waals surface area contributed by atoms with E-state index in [4.69, 9.17) is 0 Å². The smallest absolute Gasteiger partial charge is 0.264 e. The highest BCUT2D eigenvalue weighted by molar-refractivity contribution is 7.92. The number of benzene rings is 1. The van der Waals surface area contributed by atoms with Crippen molar-refractivity contribution in [2.75, 3.05) is 11.4 Å². The summed E-state index contributed by atoms with van der Waals surface area (Å²) in [7, 11) is -2.27. The predicted octanol–water partition coefficient (Wildman–Crippen LogP) is 2.66. The Morgan fingerprint density at radius 2 is 1.60 bits per heavy atom. The molecule has 0 bridgehead atoms. The summed E-state index contributed by atoms with van der Waals surface area (Å²) in [5.41, 5.74) is 1.29. The van der Waals surface area contributed by atoms with E-state index >= 15 is 0 Å². The van der Waals surface area contributed by atoms with Crippen molar-refractivity contribution in [3.63, 3.8) is 0 Å². The lowest BCUT2D eigenvalue weighted by molar-refractivity contribution is 0.591. The minimum absolute atomic E-state index is 0.137. The summed E-state index contributed by atoms with van der Waals surface area (Å²) in [6.07, 6.45) is 3.04. The van der Waals surface area contributed by atoms with E-state index in [1.165, 1.54) is 35.9 Å². The third-order valence-electron chi connectivity index (χ3n) is 3.07. The van der Waals surface area contributed by atoms with Crippen LogP contribution in [0.4, 0.5) is 10.1 Å². The molecule has 1 aromatic carbocycles. The summed E-state index contributed by atoms with van der Waals surface area (Å²) >= 11 is 0. The number of hydrogen-bond donors (Lipinski definition) is 0. The van der Waals surface area contributed by atoms with Crippen LogP contribution in [0.3, 0.4) is 0 Å². The van der Waals surface area contributed by atoms with Gasteiger partial charge in [0.1, 0.15) is 5.82 Å². The molecule has 0 amide bonds. The van der Waals surface area contributed by atoms with Crippen molar-refractivity contribution < 1.29 is 12.8 Å². The number of nitrogens with zero attached hydrogens (tertiary/aromatic N) is 2. The van der Waals surface area contributed by atoms with E-state index in [2.05, 4.69) is 4.98 Å². The molecular formula is C14H15FN2O2S. The normalized spacial score (nSPS) is 11.4. The highest BCUT2D eigenvalue weighted by Gasteiger charge is 2.25. The molecule has 0 saturated heterocycles. The van der Waals surface area contributed by atoms with Gasteiger partial charge in [-0.25, -0.2) is 12.8 Å². The van der Waals surface area contributed by atoms with Crippen molar-refractivity contribution in [3.05, 3.63) is 53.6 Å². The number of anilines is 1. The Morgan fingerprint density at radius 1 is 1.10 bits per heavy atom. The molecule has 0 spiro atoms. The molecule has 0 aliphatic carbocycles. The topological polar surface area (TPSA) is 50.3 Å². The van der Waals surface area contributed by atoms with Crippen molar-refractivity contribution >= 4 is 15.7 Å². The predicted molar refractivity (Wildman–Crippen MR) is 75.7 cm³/mol. The largest absolute Gasteiger partial charge is 0.269 e. The van der Waals surface area contributed by atoms with E-state index in [0.717, 1.165) is 0 Å². The first-order valence-corrected chi connectivity index (χ1v) is 7.44. The lowest BCUT2D eigenvalue weighted by atomic mass is 10.1. The molecule has 0 N–H and O–H groups in total. The minimum atomic E-state index is -3.73. The second-order valence-electron chi connectivity index (χ2n) is 4.55. The standard InChI is InChI=1S/C14H15FN2O2S/c1-10-8-12(15)9-11(2)14(10)20(18,19)17(3)13-4-6-16-7-5-13/h4-9H,1-3H3. The third kappa shape index (κ3) is 2.51. The van der Waals surface area contributed by atoms with Crippen LogP contribution in [-0.2, 0) is 10.0 Å². The van der Waals surface area contributed by atoms with E-state index in [0.29, 0.717) is 16.8 Å². The fourth-order valence-electron chi connectivity index (χ4n) is 2.13. The fraction of sp³-hybridized carbons (Fsp3) is 0.214. The van der Waals surface area contributed by atoms with Crippen molar-refractivity contribution in [2.45, 2.75) is 18.7 Å². The molecule has 1 aromatic heterocycles. The summed E-state index contributed by atoms with van der Waals surface area (Å²) in [5.74, 6) is -0.439. The molecule has 106 valence electrons. The molecule has 2 rings (SSSR count). The molecular weight excluding hydrogens is 279 g/mol. The Balaban J connectivity index is 2.57. The van der Waals surface area contributed by atoms with E-state index < -0.39 is 15.8 Å². The van der Waals surface area contributed by atoms with Crippen LogP contribution >= 0.6 is 0 Å². The van der Waals surface area contributed by atoms with Gasteiger partial charge in [0.2, 0.25) is 0 Å². The van der Waals surface area contributed by atoms with Crippen LogP contribution in [0, 0.1) is 19.7 Å². The van der Waals surface area contributed by atoms with Crippen LogP contribution in [0.5, 0.6) is 0 Å². The van der Waals surface area contributed by atoms with Crippen molar-refractivity contribution in [1.82, 2.24) is 4.98 Å². The number of pyridine rings is 1. The minimum Gasteiger partial charge on any atom is -0.269 e. The van der Waals surface area contributed by atoms with Gasteiger partial charge in [0, 0.05) is 19.4 Å². The van der Waals surface area contributed by atoms with Crippen molar-refractivity contribution in [3.8, 4) is 0 Å². The molecule has 1 heterocycles. The summed E-state index contributed by atoms with van der Waals surface area (Å²) in [6, 6.07) is 5.65. The zero-order valence-electron chi connectivity index (χ0n) is 11.5. The van der Waals surface area contributed by atoms with E-state index in [9.17, 15) is 12.8 Å². The molecule has 0 unspecified atom stereocenters. The molecule has 0 saturated carbocycles. The van der Waals surface area contributed by atoms with Gasteiger partial charge in [0.15, 0.2) is 0 Å². The Bertz CT molecular complexity index is 707. The number of halogens is 1. The van der Waals surface area contributed by atoms with Crippen LogP contribution in [0.15, 0.2) is 41.6 Å². The van der Waals surface area contributed by atoms with E-state index in [-0.39, 0.29) is 4.90 Å². The SMILES string of the molecule is Cc1cc(F)cc(C)c1S(=O)(=O)N(C)c1ccncc1. The molecule has 0 fully saturated rings. The third-order valence-corrected chi connectivity index (χ3v) is 5.16. The quantitative estimate of drug-likeness (QED) is 0.874. The maximum atomic E-state index is 13.3. The summed E-state index contributed by atoms with van der Waals surface area (Å²) in [6.45, 7) is 3.17. The Morgan fingerprint density at radius 3 is 2.10 bits per heavy atom. The zero-order chi connectivity index (χ0) is 14.9. The monoisotopic (exact) mass is 294 g/mol. The van der Waals surface area contributed by atoms with Crippen LogP contribution in [0.25, 0.3) is 0 Å². The maximum Gasteiger partial charge on any atom is 0.264 e. The van der Waals surface area contributed by atoms with Crippen molar-refractivity contribution in [2.24, 2.45) is 0 Å². The van der Waals surface area contributed by atoms with Crippen LogP contribution < -0.4 is 4.31 Å². The van der Waals surface area contributed by atoms with Gasteiger partial charge in [-0.15, -0.1) is 0 Å². The number of hydrogen-bond acceptors (Lipinski definition) is 3. The summed E-state index contributed by atoms with van der Waals surface area (Å²) < 4.78 is 39.8. The average molecular weight is 294 g/mol. The molecule has 0 radical (unpaired) electrons. The number of aryl methyl sites for hydroxylation is 2.